The van der Waals surface area contributed by atoms with Crippen LogP contribution < -0.4 is 10.9 Å². The molecule has 0 aliphatic rings. The molecule has 0 saturated heterocycles. The predicted octanol–water partition coefficient (Wildman–Crippen LogP) is 0.865. The van der Waals surface area contributed by atoms with Crippen LogP contribution in [-0.4, -0.2) is 12.2 Å². The van der Waals surface area contributed by atoms with Gasteiger partial charge in [-0.1, -0.05) is 0 Å². The Labute approximate surface area is 80.1 Å². The summed E-state index contributed by atoms with van der Waals surface area (Å²) >= 11 is 0. The van der Waals surface area contributed by atoms with Crippen molar-refractivity contribution in [2.45, 2.75) is 6.92 Å². The highest BCUT2D eigenvalue weighted by Crippen LogP contribution is 2.17. The molecule has 0 spiro atoms. The first-order valence-corrected chi connectivity index (χ1v) is 3.86. The van der Waals surface area contributed by atoms with Crippen molar-refractivity contribution in [2.75, 3.05) is 5.01 Å². The molecule has 0 fully saturated rings. The summed E-state index contributed by atoms with van der Waals surface area (Å²) in [5.74, 6) is 4.10. The summed E-state index contributed by atoms with van der Waals surface area (Å²) in [7, 11) is 0. The zero-order valence-electron chi connectivity index (χ0n) is 7.53. The highest BCUT2D eigenvalue weighted by atomic mass is 19.1. The Balaban J connectivity index is 3.11. The topological polar surface area (TPSA) is 63.4 Å². The molecule has 0 aromatic heterocycles. The molecule has 0 aliphatic carbocycles. The smallest absolute Gasteiger partial charge is 0.238 e. The first-order valence-electron chi connectivity index (χ1n) is 3.86. The second kappa shape index (κ2) is 3.97. The van der Waals surface area contributed by atoms with Gasteiger partial charge in [0.25, 0.3) is 0 Å². The minimum Gasteiger partial charge on any atom is -0.298 e. The number of carbonyl (C=O) groups excluding carboxylic acids is 2. The predicted molar refractivity (Wildman–Crippen MR) is 49.1 cm³/mol. The molecule has 0 saturated carbocycles. The van der Waals surface area contributed by atoms with Gasteiger partial charge in [-0.25, -0.2) is 15.2 Å². The van der Waals surface area contributed by atoms with E-state index in [1.54, 1.807) is 0 Å². The van der Waals surface area contributed by atoms with Gasteiger partial charge in [-0.15, -0.1) is 0 Å². The lowest BCUT2D eigenvalue weighted by Crippen LogP contribution is -2.36. The van der Waals surface area contributed by atoms with E-state index in [1.807, 2.05) is 0 Å². The third-order valence-corrected chi connectivity index (χ3v) is 1.71. The SMILES string of the molecule is CC(=O)N(N)c1ccc(C=O)cc1F. The maximum absolute atomic E-state index is 13.2. The lowest BCUT2D eigenvalue weighted by Gasteiger charge is -2.14. The van der Waals surface area contributed by atoms with Crippen molar-refractivity contribution >= 4 is 17.9 Å². The van der Waals surface area contributed by atoms with Crippen LogP contribution in [0.3, 0.4) is 0 Å². The van der Waals surface area contributed by atoms with E-state index in [0.29, 0.717) is 11.3 Å². The van der Waals surface area contributed by atoms with Gasteiger partial charge >= 0.3 is 0 Å². The molecule has 5 heteroatoms. The molecule has 4 nitrogen and oxygen atoms in total. The monoisotopic (exact) mass is 196 g/mol. The van der Waals surface area contributed by atoms with Crippen LogP contribution in [0.15, 0.2) is 18.2 Å². The van der Waals surface area contributed by atoms with Crippen molar-refractivity contribution in [1.82, 2.24) is 0 Å². The van der Waals surface area contributed by atoms with Crippen LogP contribution in [0.1, 0.15) is 17.3 Å². The van der Waals surface area contributed by atoms with E-state index in [2.05, 4.69) is 0 Å². The van der Waals surface area contributed by atoms with E-state index < -0.39 is 11.7 Å². The molecule has 0 aliphatic heterocycles. The van der Waals surface area contributed by atoms with Gasteiger partial charge in [0.15, 0.2) is 0 Å². The van der Waals surface area contributed by atoms with Gasteiger partial charge in [-0.05, 0) is 18.2 Å². The highest BCUT2D eigenvalue weighted by molar-refractivity contribution is 5.90. The average molecular weight is 196 g/mol. The second-order valence-electron chi connectivity index (χ2n) is 2.72. The number of nitrogens with two attached hydrogens (primary N) is 1. The Morgan fingerprint density at radius 1 is 1.57 bits per heavy atom. The van der Waals surface area contributed by atoms with E-state index in [-0.39, 0.29) is 11.3 Å². The Morgan fingerprint density at radius 3 is 2.64 bits per heavy atom. The normalized spacial score (nSPS) is 9.64. The number of hydrogen-bond donors (Lipinski definition) is 1. The van der Waals surface area contributed by atoms with Gasteiger partial charge in [-0.2, -0.15) is 0 Å². The average Bonchev–Trinajstić information content (AvgIpc) is 2.16. The number of halogens is 1. The summed E-state index contributed by atoms with van der Waals surface area (Å²) in [5, 5.41) is 0.684. The molecule has 0 radical (unpaired) electrons. The first-order chi connectivity index (χ1) is 6.56. The van der Waals surface area contributed by atoms with Gasteiger partial charge in [0, 0.05) is 12.5 Å². The van der Waals surface area contributed by atoms with Crippen molar-refractivity contribution in [3.8, 4) is 0 Å². The summed E-state index contributed by atoms with van der Waals surface area (Å²) < 4.78 is 13.2. The van der Waals surface area contributed by atoms with E-state index in [1.165, 1.54) is 19.1 Å². The van der Waals surface area contributed by atoms with Crippen molar-refractivity contribution < 1.29 is 14.0 Å². The summed E-state index contributed by atoms with van der Waals surface area (Å²) in [6.45, 7) is 1.22. The second-order valence-corrected chi connectivity index (χ2v) is 2.72. The number of aldehydes is 1. The van der Waals surface area contributed by atoms with Crippen LogP contribution in [0, 0.1) is 5.82 Å². The lowest BCUT2D eigenvalue weighted by molar-refractivity contribution is -0.116. The van der Waals surface area contributed by atoms with Gasteiger partial charge in [0.05, 0.1) is 5.69 Å². The van der Waals surface area contributed by atoms with E-state index in [4.69, 9.17) is 5.84 Å². The molecule has 0 bridgehead atoms. The van der Waals surface area contributed by atoms with Gasteiger partial charge in [0.1, 0.15) is 12.1 Å². The van der Waals surface area contributed by atoms with E-state index in [0.717, 1.165) is 6.07 Å². The van der Waals surface area contributed by atoms with Gasteiger partial charge < -0.3 is 0 Å². The standard InChI is InChI=1S/C9H9FN2O2/c1-6(14)12(11)9-3-2-7(5-13)4-8(9)10/h2-5H,11H2,1H3. The van der Waals surface area contributed by atoms with Crippen molar-refractivity contribution in [3.63, 3.8) is 0 Å². The zero-order valence-corrected chi connectivity index (χ0v) is 7.53. The fourth-order valence-electron chi connectivity index (χ4n) is 0.961. The number of nitrogens with zero attached hydrogens (tertiary/aromatic N) is 1. The van der Waals surface area contributed by atoms with E-state index >= 15 is 0 Å². The quantitative estimate of drug-likeness (QED) is 0.330. The third kappa shape index (κ3) is 1.94. The summed E-state index contributed by atoms with van der Waals surface area (Å²) in [6.07, 6.45) is 0.515. The van der Waals surface area contributed by atoms with Crippen LogP contribution in [0.5, 0.6) is 0 Å². The number of amides is 1. The number of hydrogen-bond acceptors (Lipinski definition) is 3. The molecule has 0 atom stereocenters. The molecule has 1 amide bonds. The fraction of sp³-hybridized carbons (Fsp3) is 0.111. The van der Waals surface area contributed by atoms with Crippen molar-refractivity contribution in [1.29, 1.82) is 0 Å². The Bertz CT molecular complexity index is 379. The maximum atomic E-state index is 13.2. The van der Waals surface area contributed by atoms with Crippen LogP contribution in [0.4, 0.5) is 10.1 Å². The molecule has 0 heterocycles. The third-order valence-electron chi connectivity index (χ3n) is 1.71. The summed E-state index contributed by atoms with van der Waals surface area (Å²) in [6, 6.07) is 3.68. The number of benzene rings is 1. The summed E-state index contributed by atoms with van der Waals surface area (Å²) in [4.78, 5) is 21.1. The Morgan fingerprint density at radius 2 is 2.21 bits per heavy atom. The maximum Gasteiger partial charge on any atom is 0.238 e. The van der Waals surface area contributed by atoms with Crippen LogP contribution in [-0.2, 0) is 4.79 Å². The highest BCUT2D eigenvalue weighted by Gasteiger charge is 2.11. The molecule has 74 valence electrons. The number of rotatable bonds is 2. The lowest BCUT2D eigenvalue weighted by atomic mass is 10.2. The molecule has 1 aromatic rings. The molecular weight excluding hydrogens is 187 g/mol. The zero-order chi connectivity index (χ0) is 10.7. The van der Waals surface area contributed by atoms with Crippen molar-refractivity contribution in [2.24, 2.45) is 5.84 Å². The Hall–Kier alpha value is -1.75. The summed E-state index contributed by atoms with van der Waals surface area (Å²) in [5.41, 5.74) is 0.145. The fourth-order valence-corrected chi connectivity index (χ4v) is 0.961. The minimum atomic E-state index is -0.702. The molecule has 0 unspecified atom stereocenters. The molecule has 1 rings (SSSR count). The first kappa shape index (κ1) is 10.3. The number of anilines is 1. The van der Waals surface area contributed by atoms with E-state index in [9.17, 15) is 14.0 Å². The molecule has 1 aromatic carbocycles. The molecule has 2 N–H and O–H groups in total. The largest absolute Gasteiger partial charge is 0.298 e. The number of carbonyl (C=O) groups is 2. The van der Waals surface area contributed by atoms with Crippen LogP contribution in [0.2, 0.25) is 0 Å². The number of hydrazine groups is 1. The van der Waals surface area contributed by atoms with Gasteiger partial charge in [-0.3, -0.25) is 9.59 Å². The van der Waals surface area contributed by atoms with Crippen molar-refractivity contribution in [3.05, 3.63) is 29.6 Å². The van der Waals surface area contributed by atoms with Crippen LogP contribution >= 0.6 is 0 Å². The molecular formula is C9H9FN2O2. The molecule has 14 heavy (non-hydrogen) atoms. The van der Waals surface area contributed by atoms with Crippen LogP contribution in [0.25, 0.3) is 0 Å². The Kier molecular flexibility index (Phi) is 2.93. The van der Waals surface area contributed by atoms with Gasteiger partial charge in [0.2, 0.25) is 5.91 Å². The minimum absolute atomic E-state index is 0.0527.